The predicted molar refractivity (Wildman–Crippen MR) is 131 cm³/mol. The number of hydrogen-bond donors (Lipinski definition) is 1. The minimum Gasteiger partial charge on any atom is -0.494 e. The number of halogens is 1. The number of aryl methyl sites for hydroxylation is 1. The van der Waals surface area contributed by atoms with Crippen LogP contribution < -0.4 is 20.5 Å². The number of hydrogen-bond acceptors (Lipinski definition) is 5. The lowest BCUT2D eigenvalue weighted by Gasteiger charge is -2.33. The van der Waals surface area contributed by atoms with E-state index in [1.54, 1.807) is 12.1 Å². The van der Waals surface area contributed by atoms with Crippen LogP contribution in [0.5, 0.6) is 5.75 Å². The van der Waals surface area contributed by atoms with Gasteiger partial charge in [-0.1, -0.05) is 17.7 Å². The first-order chi connectivity index (χ1) is 15.9. The van der Waals surface area contributed by atoms with Gasteiger partial charge in [0.05, 0.1) is 18.2 Å². The van der Waals surface area contributed by atoms with Gasteiger partial charge in [0, 0.05) is 29.9 Å². The van der Waals surface area contributed by atoms with Crippen LogP contribution >= 0.6 is 11.6 Å². The molecule has 2 heterocycles. The molecule has 3 aromatic rings. The lowest BCUT2D eigenvalue weighted by Crippen LogP contribution is -2.41. The van der Waals surface area contributed by atoms with Crippen molar-refractivity contribution in [2.75, 3.05) is 29.9 Å². The molecular weight excluding hydrogens is 440 g/mol. The van der Waals surface area contributed by atoms with E-state index in [1.807, 2.05) is 50.2 Å². The van der Waals surface area contributed by atoms with E-state index in [1.165, 1.54) is 10.7 Å². The van der Waals surface area contributed by atoms with E-state index in [4.69, 9.17) is 16.3 Å². The zero-order chi connectivity index (χ0) is 23.4. The fraction of sp³-hybridized carbons (Fsp3) is 0.320. The van der Waals surface area contributed by atoms with E-state index >= 15 is 0 Å². The normalized spacial score (nSPS) is 15.8. The van der Waals surface area contributed by atoms with E-state index in [-0.39, 0.29) is 17.4 Å². The van der Waals surface area contributed by atoms with Crippen molar-refractivity contribution < 1.29 is 9.53 Å². The molecule has 0 saturated carbocycles. The molecule has 0 aliphatic carbocycles. The van der Waals surface area contributed by atoms with Crippen LogP contribution in [-0.2, 0) is 4.79 Å². The van der Waals surface area contributed by atoms with Gasteiger partial charge in [-0.3, -0.25) is 9.59 Å². The maximum absolute atomic E-state index is 12.9. The van der Waals surface area contributed by atoms with Crippen LogP contribution in [0.3, 0.4) is 0 Å². The monoisotopic (exact) mass is 466 g/mol. The summed E-state index contributed by atoms with van der Waals surface area (Å²) in [6.07, 6.45) is 1.66. The number of benzene rings is 2. The van der Waals surface area contributed by atoms with Crippen molar-refractivity contribution in [2.24, 2.45) is 5.92 Å². The third-order valence-electron chi connectivity index (χ3n) is 5.74. The summed E-state index contributed by atoms with van der Waals surface area (Å²) < 4.78 is 6.80. The highest BCUT2D eigenvalue weighted by atomic mass is 35.5. The molecule has 1 saturated heterocycles. The molecule has 1 aliphatic heterocycles. The van der Waals surface area contributed by atoms with Gasteiger partial charge in [0.25, 0.3) is 5.56 Å². The molecule has 0 spiro atoms. The number of rotatable bonds is 6. The smallest absolute Gasteiger partial charge is 0.271 e. The van der Waals surface area contributed by atoms with Gasteiger partial charge in [0.1, 0.15) is 11.6 Å². The molecule has 8 heteroatoms. The SMILES string of the molecule is CCOc1ccc(NC(=O)[C@H]2CCCN(c3ccc(=O)n(-c4ccc(C)c(Cl)c4)n3)C2)cc1. The fourth-order valence-corrected chi connectivity index (χ4v) is 4.09. The summed E-state index contributed by atoms with van der Waals surface area (Å²) in [6.45, 7) is 5.74. The zero-order valence-corrected chi connectivity index (χ0v) is 19.5. The number of piperidine rings is 1. The minimum atomic E-state index is -0.236. The van der Waals surface area contributed by atoms with Crippen molar-refractivity contribution in [1.29, 1.82) is 0 Å². The summed E-state index contributed by atoms with van der Waals surface area (Å²) in [5.74, 6) is 1.23. The van der Waals surface area contributed by atoms with Crippen molar-refractivity contribution in [3.8, 4) is 11.4 Å². The highest BCUT2D eigenvalue weighted by Gasteiger charge is 2.27. The van der Waals surface area contributed by atoms with E-state index in [2.05, 4.69) is 15.3 Å². The number of carbonyl (C=O) groups excluding carboxylic acids is 1. The quantitative estimate of drug-likeness (QED) is 0.580. The van der Waals surface area contributed by atoms with Gasteiger partial charge in [-0.2, -0.15) is 4.68 Å². The highest BCUT2D eigenvalue weighted by molar-refractivity contribution is 6.31. The Morgan fingerprint density at radius 1 is 1.18 bits per heavy atom. The first kappa shape index (κ1) is 22.9. The highest BCUT2D eigenvalue weighted by Crippen LogP contribution is 2.24. The fourth-order valence-electron chi connectivity index (χ4n) is 3.91. The predicted octanol–water partition coefficient (Wildman–Crippen LogP) is 4.45. The Morgan fingerprint density at radius 2 is 1.97 bits per heavy atom. The largest absolute Gasteiger partial charge is 0.494 e. The Labute approximate surface area is 197 Å². The van der Waals surface area contributed by atoms with Gasteiger partial charge >= 0.3 is 0 Å². The topological polar surface area (TPSA) is 76.5 Å². The average molecular weight is 467 g/mol. The number of nitrogens with one attached hydrogen (secondary N) is 1. The van der Waals surface area contributed by atoms with Gasteiger partial charge in [-0.15, -0.1) is 5.10 Å². The first-order valence-electron chi connectivity index (χ1n) is 11.1. The van der Waals surface area contributed by atoms with Gasteiger partial charge in [0.2, 0.25) is 5.91 Å². The van der Waals surface area contributed by atoms with Crippen molar-refractivity contribution in [2.45, 2.75) is 26.7 Å². The average Bonchev–Trinajstić information content (AvgIpc) is 2.83. The number of carbonyl (C=O) groups is 1. The molecule has 1 aromatic heterocycles. The molecule has 2 aromatic carbocycles. The molecule has 0 bridgehead atoms. The second-order valence-electron chi connectivity index (χ2n) is 8.11. The molecule has 1 fully saturated rings. The van der Waals surface area contributed by atoms with Crippen molar-refractivity contribution in [1.82, 2.24) is 9.78 Å². The summed E-state index contributed by atoms with van der Waals surface area (Å²) in [5, 5.41) is 8.15. The summed E-state index contributed by atoms with van der Waals surface area (Å²) in [5.41, 5.74) is 2.05. The minimum absolute atomic E-state index is 0.0255. The van der Waals surface area contributed by atoms with Crippen LogP contribution in [-0.4, -0.2) is 35.4 Å². The maximum Gasteiger partial charge on any atom is 0.271 e. The number of nitrogens with zero attached hydrogens (tertiary/aromatic N) is 3. The number of anilines is 2. The van der Waals surface area contributed by atoms with Gasteiger partial charge in [0.15, 0.2) is 0 Å². The molecule has 7 nitrogen and oxygen atoms in total. The third kappa shape index (κ3) is 5.37. The lowest BCUT2D eigenvalue weighted by molar-refractivity contribution is -0.120. The Bertz CT molecular complexity index is 1190. The maximum atomic E-state index is 12.9. The number of amides is 1. The Hall–Kier alpha value is -3.32. The Kier molecular flexibility index (Phi) is 6.99. The number of aromatic nitrogens is 2. The van der Waals surface area contributed by atoms with E-state index in [9.17, 15) is 9.59 Å². The van der Waals surface area contributed by atoms with Crippen LogP contribution in [0.4, 0.5) is 11.5 Å². The van der Waals surface area contributed by atoms with E-state index < -0.39 is 0 Å². The van der Waals surface area contributed by atoms with E-state index in [0.717, 1.165) is 36.4 Å². The molecular formula is C25H27ClN4O3. The molecule has 172 valence electrons. The van der Waals surface area contributed by atoms with Crippen LogP contribution in [0.15, 0.2) is 59.4 Å². The van der Waals surface area contributed by atoms with E-state index in [0.29, 0.717) is 29.7 Å². The molecule has 1 amide bonds. The van der Waals surface area contributed by atoms with Crippen molar-refractivity contribution in [3.63, 3.8) is 0 Å². The summed E-state index contributed by atoms with van der Waals surface area (Å²) in [4.78, 5) is 27.4. The van der Waals surface area contributed by atoms with Crippen LogP contribution in [0.2, 0.25) is 5.02 Å². The third-order valence-corrected chi connectivity index (χ3v) is 6.14. The molecule has 33 heavy (non-hydrogen) atoms. The summed E-state index contributed by atoms with van der Waals surface area (Å²) >= 11 is 6.24. The molecule has 1 N–H and O–H groups in total. The van der Waals surface area contributed by atoms with Gasteiger partial charge in [-0.05, 0) is 74.7 Å². The molecule has 1 aliphatic rings. The second-order valence-corrected chi connectivity index (χ2v) is 8.51. The lowest BCUT2D eigenvalue weighted by atomic mass is 9.97. The molecule has 0 unspecified atom stereocenters. The second kappa shape index (κ2) is 10.1. The van der Waals surface area contributed by atoms with Gasteiger partial charge in [-0.25, -0.2) is 0 Å². The van der Waals surface area contributed by atoms with Crippen LogP contribution in [0.1, 0.15) is 25.3 Å². The zero-order valence-electron chi connectivity index (χ0n) is 18.8. The molecule has 0 radical (unpaired) electrons. The van der Waals surface area contributed by atoms with Crippen molar-refractivity contribution in [3.05, 3.63) is 75.5 Å². The first-order valence-corrected chi connectivity index (χ1v) is 11.5. The Morgan fingerprint density at radius 3 is 2.70 bits per heavy atom. The Balaban J connectivity index is 1.48. The van der Waals surface area contributed by atoms with Crippen LogP contribution in [0, 0.1) is 12.8 Å². The summed E-state index contributed by atoms with van der Waals surface area (Å²) in [6, 6.07) is 16.0. The summed E-state index contributed by atoms with van der Waals surface area (Å²) in [7, 11) is 0. The molecule has 4 rings (SSSR count). The number of ether oxygens (including phenoxy) is 1. The van der Waals surface area contributed by atoms with Gasteiger partial charge < -0.3 is 15.0 Å². The van der Waals surface area contributed by atoms with Crippen LogP contribution in [0.25, 0.3) is 5.69 Å². The van der Waals surface area contributed by atoms with Crippen molar-refractivity contribution >= 4 is 29.0 Å². The standard InChI is InChI=1S/C25H27ClN4O3/c1-3-33-21-10-7-19(8-11-21)27-25(32)18-5-4-14-29(16-18)23-12-13-24(31)30(28-23)20-9-6-17(2)22(26)15-20/h6-13,15,18H,3-5,14,16H2,1-2H3,(H,27,32)/t18-/m0/s1. The molecule has 1 atom stereocenters.